The Morgan fingerprint density at radius 2 is 2.07 bits per heavy atom. The Hall–Kier alpha value is -0.340. The normalized spacial score (nSPS) is 21.7. The number of allylic oxidation sites excluding steroid dienone is 1. The van der Waals surface area contributed by atoms with Crippen LogP contribution in [0.5, 0.6) is 0 Å². The molecule has 1 heterocycles. The summed E-state index contributed by atoms with van der Waals surface area (Å²) >= 11 is 0. The van der Waals surface area contributed by atoms with E-state index in [9.17, 15) is 0 Å². The molecule has 1 aliphatic heterocycles. The maximum absolute atomic E-state index is 5.36. The van der Waals surface area contributed by atoms with Gasteiger partial charge in [-0.25, -0.2) is 0 Å². The minimum Gasteiger partial charge on any atom is -0.379 e. The zero-order valence-electron chi connectivity index (χ0n) is 10.5. The predicted octanol–water partition coefficient (Wildman–Crippen LogP) is 2.84. The van der Waals surface area contributed by atoms with Crippen LogP contribution in [0.2, 0.25) is 0 Å². The number of unbranched alkanes of at least 4 members (excludes halogenated alkanes) is 1. The zero-order chi connectivity index (χ0) is 11.1. The molecule has 0 radical (unpaired) electrons. The summed E-state index contributed by atoms with van der Waals surface area (Å²) in [6, 6.07) is 0.575. The van der Waals surface area contributed by atoms with Crippen LogP contribution in [-0.2, 0) is 4.74 Å². The number of ether oxygens (including phenoxy) is 1. The van der Waals surface area contributed by atoms with Gasteiger partial charge in [-0.2, -0.15) is 0 Å². The molecule has 15 heavy (non-hydrogen) atoms. The first-order chi connectivity index (χ1) is 7.24. The molecule has 0 spiro atoms. The topological polar surface area (TPSA) is 12.5 Å². The second kappa shape index (κ2) is 7.02. The maximum atomic E-state index is 5.36. The van der Waals surface area contributed by atoms with Gasteiger partial charge in [0.05, 0.1) is 13.2 Å². The largest absolute Gasteiger partial charge is 0.379 e. The summed E-state index contributed by atoms with van der Waals surface area (Å²) in [7, 11) is 0. The average molecular weight is 211 g/mol. The minimum absolute atomic E-state index is 0.575. The Labute approximate surface area is 94.3 Å². The lowest BCUT2D eigenvalue weighted by molar-refractivity contribution is 0.0285. The third kappa shape index (κ3) is 4.80. The Morgan fingerprint density at radius 3 is 2.67 bits per heavy atom. The van der Waals surface area contributed by atoms with E-state index in [0.29, 0.717) is 6.04 Å². The van der Waals surface area contributed by atoms with Crippen molar-refractivity contribution in [2.75, 3.05) is 26.3 Å². The summed E-state index contributed by atoms with van der Waals surface area (Å²) < 4.78 is 5.36. The van der Waals surface area contributed by atoms with Crippen molar-refractivity contribution in [1.82, 2.24) is 4.90 Å². The van der Waals surface area contributed by atoms with Crippen molar-refractivity contribution in [1.29, 1.82) is 0 Å². The van der Waals surface area contributed by atoms with E-state index in [2.05, 4.69) is 31.7 Å². The number of morpholine rings is 1. The van der Waals surface area contributed by atoms with E-state index in [-0.39, 0.29) is 0 Å². The van der Waals surface area contributed by atoms with E-state index >= 15 is 0 Å². The van der Waals surface area contributed by atoms with Crippen LogP contribution in [0.25, 0.3) is 0 Å². The third-order valence-electron chi connectivity index (χ3n) is 3.07. The fourth-order valence-electron chi connectivity index (χ4n) is 2.04. The van der Waals surface area contributed by atoms with E-state index in [0.717, 1.165) is 26.3 Å². The van der Waals surface area contributed by atoms with Crippen molar-refractivity contribution in [3.8, 4) is 0 Å². The van der Waals surface area contributed by atoms with Crippen molar-refractivity contribution in [3.63, 3.8) is 0 Å². The summed E-state index contributed by atoms with van der Waals surface area (Å²) in [5.41, 5.74) is 1.54. The highest BCUT2D eigenvalue weighted by atomic mass is 16.5. The van der Waals surface area contributed by atoms with E-state index in [4.69, 9.17) is 4.74 Å². The molecule has 88 valence electrons. The molecule has 0 aliphatic carbocycles. The molecule has 2 heteroatoms. The van der Waals surface area contributed by atoms with Gasteiger partial charge < -0.3 is 4.74 Å². The molecule has 0 amide bonds. The van der Waals surface area contributed by atoms with Crippen LogP contribution in [0.4, 0.5) is 0 Å². The first kappa shape index (κ1) is 12.7. The fourth-order valence-corrected chi connectivity index (χ4v) is 2.04. The highest BCUT2D eigenvalue weighted by molar-refractivity contribution is 5.03. The molecule has 0 aromatic carbocycles. The maximum Gasteiger partial charge on any atom is 0.0594 e. The second-order valence-electron chi connectivity index (χ2n) is 4.51. The van der Waals surface area contributed by atoms with Crippen LogP contribution in [0.3, 0.4) is 0 Å². The molecular weight excluding hydrogens is 186 g/mol. The van der Waals surface area contributed by atoms with E-state index in [1.54, 1.807) is 0 Å². The zero-order valence-corrected chi connectivity index (χ0v) is 10.5. The molecule has 1 fully saturated rings. The lowest BCUT2D eigenvalue weighted by atomic mass is 10.1. The van der Waals surface area contributed by atoms with Crippen LogP contribution in [0, 0.1) is 0 Å². The number of rotatable bonds is 5. The molecule has 0 saturated carbocycles. The van der Waals surface area contributed by atoms with Gasteiger partial charge in [0.2, 0.25) is 0 Å². The van der Waals surface area contributed by atoms with Crippen LogP contribution in [0.1, 0.15) is 40.0 Å². The molecule has 1 rings (SSSR count). The van der Waals surface area contributed by atoms with Crippen molar-refractivity contribution >= 4 is 0 Å². The summed E-state index contributed by atoms with van der Waals surface area (Å²) in [5.74, 6) is 0. The van der Waals surface area contributed by atoms with Gasteiger partial charge in [0.1, 0.15) is 0 Å². The summed E-state index contributed by atoms with van der Waals surface area (Å²) in [6.45, 7) is 10.8. The first-order valence-electron chi connectivity index (χ1n) is 6.23. The predicted molar refractivity (Wildman–Crippen MR) is 65.1 cm³/mol. The van der Waals surface area contributed by atoms with Crippen LogP contribution in [0.15, 0.2) is 11.6 Å². The quantitative estimate of drug-likeness (QED) is 0.648. The molecule has 1 atom stereocenters. The number of hydrogen-bond donors (Lipinski definition) is 0. The van der Waals surface area contributed by atoms with Crippen LogP contribution < -0.4 is 0 Å². The summed E-state index contributed by atoms with van der Waals surface area (Å²) in [6.07, 6.45) is 6.28. The molecule has 0 aromatic rings. The standard InChI is InChI=1S/C13H25NO/c1-4-5-6-12(2)11-13(3)14-7-9-15-10-8-14/h11,13H,4-10H2,1-3H3. The van der Waals surface area contributed by atoms with Gasteiger partial charge >= 0.3 is 0 Å². The summed E-state index contributed by atoms with van der Waals surface area (Å²) in [5, 5.41) is 0. The van der Waals surface area contributed by atoms with Gasteiger partial charge in [-0.05, 0) is 26.7 Å². The lowest BCUT2D eigenvalue weighted by Crippen LogP contribution is -2.41. The third-order valence-corrected chi connectivity index (χ3v) is 3.07. The van der Waals surface area contributed by atoms with Crippen molar-refractivity contribution in [3.05, 3.63) is 11.6 Å². The highest BCUT2D eigenvalue weighted by Gasteiger charge is 2.14. The molecule has 1 unspecified atom stereocenters. The summed E-state index contributed by atoms with van der Waals surface area (Å²) in [4.78, 5) is 2.50. The van der Waals surface area contributed by atoms with Gasteiger partial charge in [0, 0.05) is 19.1 Å². The van der Waals surface area contributed by atoms with Gasteiger partial charge in [0.15, 0.2) is 0 Å². The Balaban J connectivity index is 2.34. The fraction of sp³-hybridized carbons (Fsp3) is 0.846. The smallest absolute Gasteiger partial charge is 0.0594 e. The van der Waals surface area contributed by atoms with E-state index in [1.807, 2.05) is 0 Å². The van der Waals surface area contributed by atoms with Gasteiger partial charge in [-0.1, -0.05) is 25.0 Å². The van der Waals surface area contributed by atoms with E-state index < -0.39 is 0 Å². The minimum atomic E-state index is 0.575. The highest BCUT2D eigenvalue weighted by Crippen LogP contribution is 2.11. The first-order valence-corrected chi connectivity index (χ1v) is 6.23. The number of hydrogen-bond acceptors (Lipinski definition) is 2. The van der Waals surface area contributed by atoms with Gasteiger partial charge in [0.25, 0.3) is 0 Å². The van der Waals surface area contributed by atoms with Gasteiger partial charge in [-0.15, -0.1) is 0 Å². The average Bonchev–Trinajstić information content (AvgIpc) is 2.27. The van der Waals surface area contributed by atoms with Crippen molar-refractivity contribution < 1.29 is 4.74 Å². The molecule has 1 saturated heterocycles. The van der Waals surface area contributed by atoms with E-state index in [1.165, 1.54) is 24.8 Å². The monoisotopic (exact) mass is 211 g/mol. The van der Waals surface area contributed by atoms with Crippen LogP contribution >= 0.6 is 0 Å². The van der Waals surface area contributed by atoms with Crippen molar-refractivity contribution in [2.24, 2.45) is 0 Å². The number of nitrogens with zero attached hydrogens (tertiary/aromatic N) is 1. The Morgan fingerprint density at radius 1 is 1.40 bits per heavy atom. The molecular formula is C13H25NO. The Bertz CT molecular complexity index is 195. The molecule has 0 N–H and O–H groups in total. The van der Waals surface area contributed by atoms with Gasteiger partial charge in [-0.3, -0.25) is 4.90 Å². The Kier molecular flexibility index (Phi) is 5.96. The lowest BCUT2D eigenvalue weighted by Gasteiger charge is -2.31. The second-order valence-corrected chi connectivity index (χ2v) is 4.51. The molecule has 2 nitrogen and oxygen atoms in total. The van der Waals surface area contributed by atoms with Crippen molar-refractivity contribution in [2.45, 2.75) is 46.1 Å². The van der Waals surface area contributed by atoms with Crippen LogP contribution in [-0.4, -0.2) is 37.2 Å². The SMILES string of the molecule is CCCCC(C)=CC(C)N1CCOCC1. The molecule has 0 bridgehead atoms. The molecule has 1 aliphatic rings. The molecule has 0 aromatic heterocycles.